The Kier molecular flexibility index (Phi) is 3.33. The van der Waals surface area contributed by atoms with Crippen molar-refractivity contribution in [3.05, 3.63) is 18.0 Å². The van der Waals surface area contributed by atoms with Crippen LogP contribution in [-0.2, 0) is 4.79 Å². The molecule has 0 aliphatic rings. The molecule has 2 amide bonds. The van der Waals surface area contributed by atoms with Crippen LogP contribution in [-0.4, -0.2) is 42.3 Å². The molecule has 0 fully saturated rings. The van der Waals surface area contributed by atoms with Gasteiger partial charge in [0.25, 0.3) is 5.91 Å². The van der Waals surface area contributed by atoms with E-state index in [1.54, 1.807) is 14.1 Å². The van der Waals surface area contributed by atoms with Gasteiger partial charge in [0, 0.05) is 26.0 Å². The van der Waals surface area contributed by atoms with E-state index in [1.807, 2.05) is 0 Å². The molecule has 0 aliphatic heterocycles. The van der Waals surface area contributed by atoms with Gasteiger partial charge in [0.1, 0.15) is 5.69 Å². The van der Waals surface area contributed by atoms with E-state index in [0.717, 1.165) is 0 Å². The molecule has 1 rings (SSSR count). The van der Waals surface area contributed by atoms with Crippen LogP contribution in [0.25, 0.3) is 0 Å². The number of likely N-dealkylation sites (N-methyl/N-ethyl adjacent to an activating group) is 1. The fourth-order valence-corrected chi connectivity index (χ4v) is 0.951. The van der Waals surface area contributed by atoms with Crippen LogP contribution in [0.1, 0.15) is 10.5 Å². The van der Waals surface area contributed by atoms with Gasteiger partial charge in [0.15, 0.2) is 0 Å². The van der Waals surface area contributed by atoms with E-state index in [1.165, 1.54) is 17.2 Å². The highest BCUT2D eigenvalue weighted by Gasteiger charge is 2.10. The van der Waals surface area contributed by atoms with Crippen LogP contribution in [0.3, 0.4) is 0 Å². The topological polar surface area (TPSA) is 91.2 Å². The average molecular weight is 210 g/mol. The molecule has 0 aliphatic carbocycles. The number of carbonyl (C=O) groups excluding carboxylic acids is 2. The minimum absolute atomic E-state index is 0.0231. The number of aromatic nitrogens is 1. The van der Waals surface area contributed by atoms with E-state index in [-0.39, 0.29) is 18.4 Å². The van der Waals surface area contributed by atoms with E-state index >= 15 is 0 Å². The number of nitrogen functional groups attached to an aromatic ring is 1. The number of nitrogens with zero attached hydrogens (tertiary/aromatic N) is 1. The molecule has 1 aromatic heterocycles. The molecular formula is C9H14N4O2. The summed E-state index contributed by atoms with van der Waals surface area (Å²) in [5, 5.41) is 2.48. The van der Waals surface area contributed by atoms with E-state index in [2.05, 4.69) is 10.3 Å². The van der Waals surface area contributed by atoms with Gasteiger partial charge in [-0.3, -0.25) is 9.59 Å². The Bertz CT molecular complexity index is 370. The molecule has 0 saturated carbocycles. The summed E-state index contributed by atoms with van der Waals surface area (Å²) in [5.74, 6) is -0.509. The zero-order valence-corrected chi connectivity index (χ0v) is 8.70. The molecule has 6 nitrogen and oxygen atoms in total. The maximum atomic E-state index is 11.4. The number of H-pyrrole nitrogens is 1. The van der Waals surface area contributed by atoms with Crippen molar-refractivity contribution in [2.24, 2.45) is 0 Å². The number of hydrogen-bond donors (Lipinski definition) is 3. The summed E-state index contributed by atoms with van der Waals surface area (Å²) in [5.41, 5.74) is 6.27. The minimum atomic E-state index is -0.345. The van der Waals surface area contributed by atoms with Crippen molar-refractivity contribution in [2.45, 2.75) is 0 Å². The van der Waals surface area contributed by atoms with Crippen LogP contribution < -0.4 is 11.1 Å². The minimum Gasteiger partial charge on any atom is -0.397 e. The van der Waals surface area contributed by atoms with Gasteiger partial charge in [-0.05, 0) is 6.07 Å². The molecule has 0 radical (unpaired) electrons. The highest BCUT2D eigenvalue weighted by atomic mass is 16.2. The van der Waals surface area contributed by atoms with Crippen LogP contribution in [0.5, 0.6) is 0 Å². The second-order valence-corrected chi connectivity index (χ2v) is 3.32. The summed E-state index contributed by atoms with van der Waals surface area (Å²) < 4.78 is 0. The predicted molar refractivity (Wildman–Crippen MR) is 56.2 cm³/mol. The van der Waals surface area contributed by atoms with Gasteiger partial charge in [-0.2, -0.15) is 0 Å². The van der Waals surface area contributed by atoms with Gasteiger partial charge in [0.2, 0.25) is 5.91 Å². The van der Waals surface area contributed by atoms with Gasteiger partial charge < -0.3 is 20.9 Å². The first-order valence-electron chi connectivity index (χ1n) is 4.43. The van der Waals surface area contributed by atoms with Gasteiger partial charge >= 0.3 is 0 Å². The Morgan fingerprint density at radius 3 is 2.67 bits per heavy atom. The number of nitrogens with two attached hydrogens (primary N) is 1. The highest BCUT2D eigenvalue weighted by molar-refractivity contribution is 5.95. The lowest BCUT2D eigenvalue weighted by molar-refractivity contribution is -0.127. The van der Waals surface area contributed by atoms with E-state index < -0.39 is 0 Å². The molecule has 0 spiro atoms. The third-order valence-electron chi connectivity index (χ3n) is 1.85. The number of anilines is 1. The summed E-state index contributed by atoms with van der Waals surface area (Å²) in [6.45, 7) is -0.0231. The second kappa shape index (κ2) is 4.50. The largest absolute Gasteiger partial charge is 0.397 e. The molecule has 0 bridgehead atoms. The third kappa shape index (κ3) is 3.01. The first-order valence-corrected chi connectivity index (χ1v) is 4.43. The maximum absolute atomic E-state index is 11.4. The number of hydrogen-bond acceptors (Lipinski definition) is 3. The first-order chi connectivity index (χ1) is 7.00. The lowest BCUT2D eigenvalue weighted by Gasteiger charge is -2.10. The Morgan fingerprint density at radius 2 is 2.20 bits per heavy atom. The van der Waals surface area contributed by atoms with Crippen LogP contribution >= 0.6 is 0 Å². The summed E-state index contributed by atoms with van der Waals surface area (Å²) >= 11 is 0. The fraction of sp³-hybridized carbons (Fsp3) is 0.333. The predicted octanol–water partition coefficient (Wildman–Crippen LogP) is -0.585. The van der Waals surface area contributed by atoms with Crippen molar-refractivity contribution in [3.63, 3.8) is 0 Å². The molecule has 15 heavy (non-hydrogen) atoms. The standard InChI is InChI=1S/C9H14N4O2/c1-13(2)8(14)5-12-9(15)7-3-6(10)4-11-7/h3-4,11H,5,10H2,1-2H3,(H,12,15). The molecule has 82 valence electrons. The number of nitrogens with one attached hydrogen (secondary N) is 2. The highest BCUT2D eigenvalue weighted by Crippen LogP contribution is 2.03. The zero-order valence-electron chi connectivity index (χ0n) is 8.70. The monoisotopic (exact) mass is 210 g/mol. The maximum Gasteiger partial charge on any atom is 0.268 e. The van der Waals surface area contributed by atoms with Crippen molar-refractivity contribution in [3.8, 4) is 0 Å². The molecule has 1 aromatic rings. The Hall–Kier alpha value is -1.98. The zero-order chi connectivity index (χ0) is 11.4. The average Bonchev–Trinajstić information content (AvgIpc) is 2.60. The SMILES string of the molecule is CN(C)C(=O)CNC(=O)c1cc(N)c[nH]1. The molecule has 0 atom stereocenters. The summed E-state index contributed by atoms with van der Waals surface area (Å²) in [4.78, 5) is 26.7. The Morgan fingerprint density at radius 1 is 1.53 bits per heavy atom. The lowest BCUT2D eigenvalue weighted by atomic mass is 10.4. The summed E-state index contributed by atoms with van der Waals surface area (Å²) in [6.07, 6.45) is 1.52. The molecule has 0 aromatic carbocycles. The molecule has 4 N–H and O–H groups in total. The summed E-state index contributed by atoms with van der Waals surface area (Å²) in [7, 11) is 3.25. The van der Waals surface area contributed by atoms with E-state index in [9.17, 15) is 9.59 Å². The molecule has 0 saturated heterocycles. The molecule has 0 unspecified atom stereocenters. The van der Waals surface area contributed by atoms with E-state index in [4.69, 9.17) is 5.73 Å². The van der Waals surface area contributed by atoms with Crippen molar-refractivity contribution >= 4 is 17.5 Å². The van der Waals surface area contributed by atoms with Crippen molar-refractivity contribution < 1.29 is 9.59 Å². The first kappa shape index (κ1) is 11.1. The van der Waals surface area contributed by atoms with Gasteiger partial charge in [-0.15, -0.1) is 0 Å². The number of rotatable bonds is 3. The quantitative estimate of drug-likeness (QED) is 0.623. The normalized spacial score (nSPS) is 9.73. The van der Waals surface area contributed by atoms with Crippen LogP contribution in [0.15, 0.2) is 12.3 Å². The van der Waals surface area contributed by atoms with Crippen LogP contribution in [0.2, 0.25) is 0 Å². The van der Waals surface area contributed by atoms with Crippen LogP contribution in [0.4, 0.5) is 5.69 Å². The number of amides is 2. The third-order valence-corrected chi connectivity index (χ3v) is 1.85. The molecule has 6 heteroatoms. The van der Waals surface area contributed by atoms with Crippen molar-refractivity contribution in [2.75, 3.05) is 26.4 Å². The van der Waals surface area contributed by atoms with Crippen LogP contribution in [0, 0.1) is 0 Å². The van der Waals surface area contributed by atoms with Gasteiger partial charge in [-0.25, -0.2) is 0 Å². The van der Waals surface area contributed by atoms with Crippen molar-refractivity contribution in [1.82, 2.24) is 15.2 Å². The Labute approximate surface area is 87.4 Å². The van der Waals surface area contributed by atoms with Crippen molar-refractivity contribution in [1.29, 1.82) is 0 Å². The fourth-order valence-electron chi connectivity index (χ4n) is 0.951. The van der Waals surface area contributed by atoms with Gasteiger partial charge in [-0.1, -0.05) is 0 Å². The molecular weight excluding hydrogens is 196 g/mol. The Balaban J connectivity index is 2.47. The number of aromatic amines is 1. The molecule has 1 heterocycles. The van der Waals surface area contributed by atoms with E-state index in [0.29, 0.717) is 11.4 Å². The second-order valence-electron chi connectivity index (χ2n) is 3.32. The summed E-state index contributed by atoms with van der Waals surface area (Å²) in [6, 6.07) is 1.51. The van der Waals surface area contributed by atoms with Gasteiger partial charge in [0.05, 0.1) is 6.54 Å². The lowest BCUT2D eigenvalue weighted by Crippen LogP contribution is -2.36. The number of carbonyl (C=O) groups is 2. The smallest absolute Gasteiger partial charge is 0.268 e.